The summed E-state index contributed by atoms with van der Waals surface area (Å²) in [6, 6.07) is 0. The van der Waals surface area contributed by atoms with Gasteiger partial charge in [0.05, 0.1) is 6.61 Å². The number of ether oxygens (including phenoxy) is 1. The van der Waals surface area contributed by atoms with Crippen LogP contribution in [0.4, 0.5) is 0 Å². The first-order valence-electron chi connectivity index (χ1n) is 3.59. The molecule has 1 nitrogen and oxygen atoms in total. The molecule has 0 unspecified atom stereocenters. The second-order valence-corrected chi connectivity index (χ2v) is 2.06. The Labute approximate surface area is 61.7 Å². The zero-order valence-electron chi connectivity index (χ0n) is 6.21. The summed E-state index contributed by atoms with van der Waals surface area (Å²) >= 11 is 0. The number of rotatable bonds is 2. The van der Waals surface area contributed by atoms with Crippen LogP contribution in [0.1, 0.15) is 13.3 Å². The summed E-state index contributed by atoms with van der Waals surface area (Å²) < 4.78 is 5.30. The average Bonchev–Trinajstić information content (AvgIpc) is 2.17. The minimum Gasteiger partial charge on any atom is -0.494 e. The van der Waals surface area contributed by atoms with Crippen LogP contribution < -0.4 is 0 Å². The fourth-order valence-corrected chi connectivity index (χ4v) is 0.833. The Bertz CT molecular complexity index is 175. The molecule has 0 fully saturated rings. The number of hydrogen-bond donors (Lipinski definition) is 0. The van der Waals surface area contributed by atoms with E-state index >= 15 is 0 Å². The highest BCUT2D eigenvalue weighted by atomic mass is 16.5. The minimum absolute atomic E-state index is 0.746. The molecule has 0 saturated heterocycles. The maximum absolute atomic E-state index is 5.30. The van der Waals surface area contributed by atoms with Crippen molar-refractivity contribution in [2.75, 3.05) is 6.61 Å². The van der Waals surface area contributed by atoms with Crippen molar-refractivity contribution >= 4 is 0 Å². The Morgan fingerprint density at radius 3 is 3.20 bits per heavy atom. The Hall–Kier alpha value is -0.980. The molecular formula is C9H12O. The van der Waals surface area contributed by atoms with E-state index < -0.39 is 0 Å². The lowest BCUT2D eigenvalue weighted by molar-refractivity contribution is 0.242. The van der Waals surface area contributed by atoms with Crippen molar-refractivity contribution in [2.24, 2.45) is 0 Å². The lowest BCUT2D eigenvalue weighted by atomic mass is 10.3. The SMILES string of the molecule is CCOC1=CCC=CC=C1. The third kappa shape index (κ3) is 2.09. The monoisotopic (exact) mass is 136 g/mol. The van der Waals surface area contributed by atoms with Gasteiger partial charge in [-0.2, -0.15) is 0 Å². The van der Waals surface area contributed by atoms with Gasteiger partial charge in [-0.05, 0) is 25.5 Å². The third-order valence-corrected chi connectivity index (χ3v) is 1.27. The number of hydrogen-bond acceptors (Lipinski definition) is 1. The molecule has 1 aliphatic carbocycles. The molecule has 0 N–H and O–H groups in total. The Morgan fingerprint density at radius 2 is 2.40 bits per heavy atom. The van der Waals surface area contributed by atoms with Gasteiger partial charge in [0.2, 0.25) is 0 Å². The van der Waals surface area contributed by atoms with Crippen molar-refractivity contribution in [3.05, 3.63) is 36.1 Å². The van der Waals surface area contributed by atoms with Crippen molar-refractivity contribution in [1.82, 2.24) is 0 Å². The van der Waals surface area contributed by atoms with E-state index in [1.54, 1.807) is 0 Å². The van der Waals surface area contributed by atoms with Crippen LogP contribution in [-0.2, 0) is 4.74 Å². The standard InChI is InChI=1S/C9H12O/c1-2-10-9-7-5-3-4-6-8-9/h3-5,7-8H,2,6H2,1H3. The molecule has 0 atom stereocenters. The fourth-order valence-electron chi connectivity index (χ4n) is 0.833. The average molecular weight is 136 g/mol. The van der Waals surface area contributed by atoms with E-state index in [1.165, 1.54) is 0 Å². The van der Waals surface area contributed by atoms with Gasteiger partial charge in [0.15, 0.2) is 0 Å². The summed E-state index contributed by atoms with van der Waals surface area (Å²) in [5.41, 5.74) is 0. The molecule has 0 aromatic carbocycles. The van der Waals surface area contributed by atoms with Crippen molar-refractivity contribution in [3.63, 3.8) is 0 Å². The van der Waals surface area contributed by atoms with Gasteiger partial charge in [-0.25, -0.2) is 0 Å². The van der Waals surface area contributed by atoms with Crippen LogP contribution in [0.3, 0.4) is 0 Å². The van der Waals surface area contributed by atoms with E-state index in [1.807, 2.05) is 25.2 Å². The van der Waals surface area contributed by atoms with Crippen molar-refractivity contribution in [3.8, 4) is 0 Å². The maximum atomic E-state index is 5.30. The topological polar surface area (TPSA) is 9.23 Å². The van der Waals surface area contributed by atoms with Gasteiger partial charge >= 0.3 is 0 Å². The van der Waals surface area contributed by atoms with Crippen molar-refractivity contribution in [1.29, 1.82) is 0 Å². The summed E-state index contributed by atoms with van der Waals surface area (Å²) in [5, 5.41) is 0. The van der Waals surface area contributed by atoms with Gasteiger partial charge in [0, 0.05) is 0 Å². The first-order chi connectivity index (χ1) is 4.93. The van der Waals surface area contributed by atoms with Gasteiger partial charge in [-0.15, -0.1) is 0 Å². The van der Waals surface area contributed by atoms with Gasteiger partial charge < -0.3 is 4.74 Å². The molecule has 0 aromatic heterocycles. The molecule has 0 aliphatic heterocycles. The predicted molar refractivity (Wildman–Crippen MR) is 42.6 cm³/mol. The van der Waals surface area contributed by atoms with E-state index in [2.05, 4.69) is 12.2 Å². The quantitative estimate of drug-likeness (QED) is 0.566. The Kier molecular flexibility index (Phi) is 2.81. The second kappa shape index (κ2) is 3.94. The predicted octanol–water partition coefficient (Wildman–Crippen LogP) is 2.42. The zero-order chi connectivity index (χ0) is 7.23. The molecule has 0 amide bonds. The Balaban J connectivity index is 2.51. The van der Waals surface area contributed by atoms with E-state index in [0.29, 0.717) is 0 Å². The van der Waals surface area contributed by atoms with Crippen LogP contribution in [0.5, 0.6) is 0 Å². The van der Waals surface area contributed by atoms with Crippen LogP contribution in [0.15, 0.2) is 36.1 Å². The van der Waals surface area contributed by atoms with Gasteiger partial charge in [-0.3, -0.25) is 0 Å². The van der Waals surface area contributed by atoms with Crippen LogP contribution in [0.25, 0.3) is 0 Å². The normalized spacial score (nSPS) is 16.3. The molecule has 0 heterocycles. The summed E-state index contributed by atoms with van der Waals surface area (Å²) in [4.78, 5) is 0. The van der Waals surface area contributed by atoms with Crippen LogP contribution >= 0.6 is 0 Å². The van der Waals surface area contributed by atoms with E-state index in [0.717, 1.165) is 18.8 Å². The fraction of sp³-hybridized carbons (Fsp3) is 0.333. The van der Waals surface area contributed by atoms with Gasteiger partial charge in [0.1, 0.15) is 5.76 Å². The summed E-state index contributed by atoms with van der Waals surface area (Å²) in [6.45, 7) is 2.74. The largest absolute Gasteiger partial charge is 0.494 e. The summed E-state index contributed by atoms with van der Waals surface area (Å²) in [7, 11) is 0. The highest BCUT2D eigenvalue weighted by Gasteiger charge is 1.90. The smallest absolute Gasteiger partial charge is 0.115 e. The first kappa shape index (κ1) is 7.13. The Morgan fingerprint density at radius 1 is 1.50 bits per heavy atom. The molecule has 1 aliphatic rings. The van der Waals surface area contributed by atoms with E-state index in [9.17, 15) is 0 Å². The highest BCUT2D eigenvalue weighted by Crippen LogP contribution is 2.05. The van der Waals surface area contributed by atoms with Gasteiger partial charge in [-0.1, -0.05) is 18.2 Å². The molecule has 0 aromatic rings. The number of allylic oxidation sites excluding steroid dienone is 5. The van der Waals surface area contributed by atoms with Gasteiger partial charge in [0.25, 0.3) is 0 Å². The lowest BCUT2D eigenvalue weighted by Gasteiger charge is -2.00. The van der Waals surface area contributed by atoms with Crippen LogP contribution in [-0.4, -0.2) is 6.61 Å². The zero-order valence-corrected chi connectivity index (χ0v) is 6.21. The van der Waals surface area contributed by atoms with E-state index in [4.69, 9.17) is 4.74 Å². The summed E-state index contributed by atoms with van der Waals surface area (Å²) in [6.07, 6.45) is 11.2. The molecule has 0 spiro atoms. The molecule has 1 heteroatoms. The molecule has 0 bridgehead atoms. The summed E-state index contributed by atoms with van der Waals surface area (Å²) in [5.74, 6) is 0.979. The van der Waals surface area contributed by atoms with E-state index in [-0.39, 0.29) is 0 Å². The second-order valence-electron chi connectivity index (χ2n) is 2.06. The maximum Gasteiger partial charge on any atom is 0.115 e. The highest BCUT2D eigenvalue weighted by molar-refractivity contribution is 5.21. The molecule has 54 valence electrons. The lowest BCUT2D eigenvalue weighted by Crippen LogP contribution is -1.86. The molecule has 0 radical (unpaired) electrons. The molecule has 0 saturated carbocycles. The van der Waals surface area contributed by atoms with Crippen molar-refractivity contribution in [2.45, 2.75) is 13.3 Å². The van der Waals surface area contributed by atoms with Crippen molar-refractivity contribution < 1.29 is 4.74 Å². The van der Waals surface area contributed by atoms with Crippen LogP contribution in [0.2, 0.25) is 0 Å². The molecule has 10 heavy (non-hydrogen) atoms. The molecule has 1 rings (SSSR count). The minimum atomic E-state index is 0.746. The molecular weight excluding hydrogens is 124 g/mol. The first-order valence-corrected chi connectivity index (χ1v) is 3.59. The van der Waals surface area contributed by atoms with Crippen LogP contribution in [0, 0.1) is 0 Å². The third-order valence-electron chi connectivity index (χ3n) is 1.27.